The molecular weight excluding hydrogens is 605 g/mol. The van der Waals surface area contributed by atoms with Gasteiger partial charge < -0.3 is 16.4 Å². The van der Waals surface area contributed by atoms with E-state index >= 15 is 8.78 Å². The zero-order valence-electron chi connectivity index (χ0n) is 23.4. The van der Waals surface area contributed by atoms with Crippen LogP contribution >= 0.6 is 34.8 Å². The first-order chi connectivity index (χ1) is 19.7. The maximum atomic E-state index is 15.2. The highest BCUT2D eigenvalue weighted by Gasteiger charge is 2.58. The van der Waals surface area contributed by atoms with Crippen molar-refractivity contribution in [2.24, 2.45) is 11.1 Å². The lowest BCUT2D eigenvalue weighted by Crippen LogP contribution is -2.44. The van der Waals surface area contributed by atoms with E-state index in [-0.39, 0.29) is 43.7 Å². The average Bonchev–Trinajstić information content (AvgIpc) is 3.15. The third-order valence-corrected chi connectivity index (χ3v) is 8.00. The van der Waals surface area contributed by atoms with Gasteiger partial charge in [0.15, 0.2) is 0 Å². The Morgan fingerprint density at radius 2 is 1.81 bits per heavy atom. The summed E-state index contributed by atoms with van der Waals surface area (Å²) in [5, 5.41) is 16.8. The summed E-state index contributed by atoms with van der Waals surface area (Å²) < 4.78 is 30.2. The first-order valence-electron chi connectivity index (χ1n) is 13.0. The molecule has 11 heteroatoms. The predicted molar refractivity (Wildman–Crippen MR) is 163 cm³/mol. The van der Waals surface area contributed by atoms with Gasteiger partial charge >= 0.3 is 0 Å². The highest BCUT2D eigenvalue weighted by atomic mass is 35.5. The highest BCUT2D eigenvalue weighted by Crippen LogP contribution is 2.52. The predicted octanol–water partition coefficient (Wildman–Crippen LogP) is 7.62. The minimum absolute atomic E-state index is 0.0163. The second-order valence-corrected chi connectivity index (χ2v) is 12.6. The minimum atomic E-state index is -1.33. The van der Waals surface area contributed by atoms with Gasteiger partial charge in [-0.05, 0) is 60.7 Å². The van der Waals surface area contributed by atoms with Crippen LogP contribution in [0.4, 0.5) is 14.5 Å². The number of primary amides is 1. The molecule has 42 heavy (non-hydrogen) atoms. The van der Waals surface area contributed by atoms with Gasteiger partial charge in [-0.3, -0.25) is 9.59 Å². The Bertz CT molecular complexity index is 1520. The van der Waals surface area contributed by atoms with Gasteiger partial charge in [0, 0.05) is 34.3 Å². The molecule has 0 spiro atoms. The van der Waals surface area contributed by atoms with E-state index in [0.717, 1.165) is 0 Å². The molecule has 4 atom stereocenters. The first-order valence-corrected chi connectivity index (χ1v) is 14.2. The van der Waals surface area contributed by atoms with Crippen LogP contribution in [0.15, 0.2) is 54.6 Å². The van der Waals surface area contributed by atoms with Crippen LogP contribution in [0.25, 0.3) is 0 Å². The number of amides is 2. The third kappa shape index (κ3) is 7.04. The van der Waals surface area contributed by atoms with Crippen LogP contribution in [0.5, 0.6) is 0 Å². The summed E-state index contributed by atoms with van der Waals surface area (Å²) in [5.74, 6) is -2.36. The normalized spacial score (nSPS) is 21.6. The van der Waals surface area contributed by atoms with E-state index in [9.17, 15) is 14.9 Å². The molecule has 0 saturated carbocycles. The van der Waals surface area contributed by atoms with Gasteiger partial charge in [-0.2, -0.15) is 5.26 Å². The Morgan fingerprint density at radius 1 is 1.12 bits per heavy atom. The van der Waals surface area contributed by atoms with Crippen LogP contribution in [-0.2, 0) is 10.2 Å². The molecule has 2 amide bonds. The van der Waals surface area contributed by atoms with E-state index in [2.05, 4.69) is 37.5 Å². The van der Waals surface area contributed by atoms with Crippen molar-refractivity contribution in [1.82, 2.24) is 5.32 Å². The van der Waals surface area contributed by atoms with Gasteiger partial charge in [0.25, 0.3) is 0 Å². The molecule has 1 saturated heterocycles. The van der Waals surface area contributed by atoms with Crippen molar-refractivity contribution in [1.29, 1.82) is 5.26 Å². The number of carbonyl (C=O) groups is 2. The molecule has 6 nitrogen and oxygen atoms in total. The molecular formula is C31H31Cl3F2N4O2. The van der Waals surface area contributed by atoms with E-state index in [4.69, 9.17) is 40.5 Å². The van der Waals surface area contributed by atoms with Crippen molar-refractivity contribution in [3.63, 3.8) is 0 Å². The Morgan fingerprint density at radius 3 is 2.36 bits per heavy atom. The van der Waals surface area contributed by atoms with Crippen LogP contribution in [0.2, 0.25) is 15.1 Å². The fraction of sp³-hybridized carbons (Fsp3) is 0.323. The fourth-order valence-electron chi connectivity index (χ4n) is 5.52. The molecule has 1 fully saturated rings. The molecule has 3 aromatic carbocycles. The number of benzene rings is 3. The smallest absolute Gasteiger partial charge is 0.250 e. The average molecular weight is 636 g/mol. The summed E-state index contributed by atoms with van der Waals surface area (Å²) in [7, 11) is 0. The van der Waals surface area contributed by atoms with Gasteiger partial charge in [0.2, 0.25) is 12.3 Å². The van der Waals surface area contributed by atoms with Gasteiger partial charge in [-0.1, -0.05) is 73.8 Å². The molecule has 0 aliphatic carbocycles. The Balaban J connectivity index is 0.000000312. The Kier molecular flexibility index (Phi) is 10.6. The summed E-state index contributed by atoms with van der Waals surface area (Å²) in [4.78, 5) is 20.8. The number of nitriles is 1. The standard InChI is InChI=1S/C23H24Cl2F2N2.C8H7ClN2O2/c1-13-20(15-6-5-7-17(25)21(15)27)23(12-28,19(29-13)11-22(2,3)4)16-9-8-14(24)10-18(16)26;9-7-3-5(11-4-12)1-2-6(7)8(10)13/h5-10,13,19-20,29H,11H2,1-4H3;1-4H,(H2,10,13)(H,11,12)/t13-,19?,20?,23-;/m0./s1. The van der Waals surface area contributed by atoms with Gasteiger partial charge in [-0.25, -0.2) is 8.78 Å². The third-order valence-electron chi connectivity index (χ3n) is 7.16. The van der Waals surface area contributed by atoms with Crippen LogP contribution in [-0.4, -0.2) is 24.4 Å². The van der Waals surface area contributed by atoms with Crippen LogP contribution in [0, 0.1) is 28.4 Å². The SMILES string of the molecule is C[C@@H]1NC(CC(C)(C)C)[C@](C#N)(c2ccc(Cl)cc2F)C1c1cccc(Cl)c1F.NC(=O)c1ccc(NC=O)cc1Cl. The Hall–Kier alpha value is -3.22. The van der Waals surface area contributed by atoms with E-state index in [1.54, 1.807) is 30.3 Å². The summed E-state index contributed by atoms with van der Waals surface area (Å²) in [6, 6.07) is 15.3. The van der Waals surface area contributed by atoms with Crippen LogP contribution < -0.4 is 16.4 Å². The molecule has 0 aromatic heterocycles. The van der Waals surface area contributed by atoms with E-state index in [1.807, 2.05) is 6.92 Å². The number of anilines is 1. The van der Waals surface area contributed by atoms with Gasteiger partial charge in [0.05, 0.1) is 21.7 Å². The lowest BCUT2D eigenvalue weighted by Gasteiger charge is -2.37. The maximum Gasteiger partial charge on any atom is 0.250 e. The molecule has 4 rings (SSSR count). The van der Waals surface area contributed by atoms with Crippen LogP contribution in [0.1, 0.15) is 61.5 Å². The van der Waals surface area contributed by atoms with Crippen molar-refractivity contribution < 1.29 is 18.4 Å². The van der Waals surface area contributed by atoms with Crippen molar-refractivity contribution >= 4 is 52.8 Å². The monoisotopic (exact) mass is 634 g/mol. The summed E-state index contributed by atoms with van der Waals surface area (Å²) >= 11 is 17.7. The molecule has 1 aliphatic rings. The zero-order valence-corrected chi connectivity index (χ0v) is 25.7. The van der Waals surface area contributed by atoms with E-state index < -0.39 is 28.9 Å². The number of nitrogens with zero attached hydrogens (tertiary/aromatic N) is 1. The number of hydrogen-bond donors (Lipinski definition) is 3. The molecule has 1 heterocycles. The lowest BCUT2D eigenvalue weighted by atomic mass is 9.63. The molecule has 4 N–H and O–H groups in total. The van der Waals surface area contributed by atoms with Gasteiger partial charge in [-0.15, -0.1) is 0 Å². The van der Waals surface area contributed by atoms with E-state index in [0.29, 0.717) is 24.1 Å². The number of nitrogens with one attached hydrogen (secondary N) is 2. The van der Waals surface area contributed by atoms with Crippen molar-refractivity contribution in [2.75, 3.05) is 5.32 Å². The maximum absolute atomic E-state index is 15.2. The minimum Gasteiger partial charge on any atom is -0.366 e. The lowest BCUT2D eigenvalue weighted by molar-refractivity contribution is -0.105. The topological polar surface area (TPSA) is 108 Å². The summed E-state index contributed by atoms with van der Waals surface area (Å²) in [6.07, 6.45) is 1.13. The van der Waals surface area contributed by atoms with Crippen LogP contribution in [0.3, 0.4) is 0 Å². The molecule has 0 radical (unpaired) electrons. The first kappa shape index (κ1) is 33.3. The van der Waals surface area contributed by atoms with Crippen molar-refractivity contribution in [3.05, 3.63) is 98.0 Å². The zero-order chi connectivity index (χ0) is 31.4. The molecule has 222 valence electrons. The second kappa shape index (κ2) is 13.4. The molecule has 3 aromatic rings. The van der Waals surface area contributed by atoms with Crippen molar-refractivity contribution in [2.45, 2.75) is 57.5 Å². The quantitative estimate of drug-likeness (QED) is 0.242. The number of rotatable bonds is 6. The fourth-order valence-corrected chi connectivity index (χ4v) is 6.14. The highest BCUT2D eigenvalue weighted by molar-refractivity contribution is 6.34. The number of nitrogens with two attached hydrogens (primary N) is 1. The summed E-state index contributed by atoms with van der Waals surface area (Å²) in [6.45, 7) is 8.08. The Labute approximate surface area is 259 Å². The summed E-state index contributed by atoms with van der Waals surface area (Å²) in [5.41, 5.74) is 4.85. The largest absolute Gasteiger partial charge is 0.366 e. The number of hydrogen-bond acceptors (Lipinski definition) is 4. The number of carbonyl (C=O) groups excluding carboxylic acids is 2. The van der Waals surface area contributed by atoms with Crippen molar-refractivity contribution in [3.8, 4) is 6.07 Å². The second-order valence-electron chi connectivity index (χ2n) is 11.3. The van der Waals surface area contributed by atoms with E-state index in [1.165, 1.54) is 24.3 Å². The molecule has 1 aliphatic heterocycles. The molecule has 2 unspecified atom stereocenters. The van der Waals surface area contributed by atoms with Gasteiger partial charge in [0.1, 0.15) is 17.0 Å². The number of halogens is 5. The molecule has 0 bridgehead atoms.